The number of anilines is 1. The van der Waals surface area contributed by atoms with Crippen LogP contribution in [-0.4, -0.2) is 20.1 Å². The van der Waals surface area contributed by atoms with E-state index in [4.69, 9.17) is 4.42 Å². The van der Waals surface area contributed by atoms with Gasteiger partial charge in [-0.25, -0.2) is 13.1 Å². The highest BCUT2D eigenvalue weighted by molar-refractivity contribution is 9.10. The van der Waals surface area contributed by atoms with E-state index < -0.39 is 10.0 Å². The maximum absolute atomic E-state index is 12.4. The second-order valence-electron chi connectivity index (χ2n) is 5.72. The molecule has 0 aliphatic carbocycles. The Bertz CT molecular complexity index is 1040. The van der Waals surface area contributed by atoms with E-state index in [9.17, 15) is 13.2 Å². The Kier molecular flexibility index (Phi) is 6.95. The molecule has 0 spiro atoms. The first-order valence-corrected chi connectivity index (χ1v) is 11.5. The van der Waals surface area contributed by atoms with Crippen LogP contribution in [0.1, 0.15) is 5.76 Å². The second kappa shape index (κ2) is 9.42. The molecule has 0 atom stereocenters. The largest absolute Gasteiger partial charge is 0.468 e. The molecule has 0 fully saturated rings. The number of nitrogens with one attached hydrogen (secondary N) is 2. The summed E-state index contributed by atoms with van der Waals surface area (Å²) in [6.45, 7) is 0.0513. The first-order valence-electron chi connectivity index (χ1n) is 8.23. The molecule has 3 rings (SSSR count). The summed E-state index contributed by atoms with van der Waals surface area (Å²) in [5.41, 5.74) is 0.419. The summed E-state index contributed by atoms with van der Waals surface area (Å²) in [6.07, 6.45) is 1.48. The molecule has 0 unspecified atom stereocenters. The van der Waals surface area contributed by atoms with Crippen LogP contribution >= 0.6 is 27.7 Å². The number of sulfonamides is 1. The average molecular weight is 481 g/mol. The van der Waals surface area contributed by atoms with Gasteiger partial charge in [0.25, 0.3) is 0 Å². The standard InChI is InChI=1S/C19H17BrN2O4S2/c20-14-6-8-17(9-7-14)27-13-19(23)22-15-3-1-5-18(11-15)28(24,25)21-12-16-4-2-10-26-16/h1-11,21H,12-13H2,(H,22,23). The summed E-state index contributed by atoms with van der Waals surface area (Å²) < 4.78 is 33.4. The number of thioether (sulfide) groups is 1. The van der Waals surface area contributed by atoms with E-state index >= 15 is 0 Å². The van der Waals surface area contributed by atoms with Gasteiger partial charge in [-0.15, -0.1) is 11.8 Å². The Labute approximate surface area is 175 Å². The van der Waals surface area contributed by atoms with Gasteiger partial charge in [0.1, 0.15) is 5.76 Å². The van der Waals surface area contributed by atoms with Crippen LogP contribution in [0.5, 0.6) is 0 Å². The Balaban J connectivity index is 1.58. The summed E-state index contributed by atoms with van der Waals surface area (Å²) in [7, 11) is -3.72. The van der Waals surface area contributed by atoms with Crippen LogP contribution in [0.25, 0.3) is 0 Å². The van der Waals surface area contributed by atoms with Gasteiger partial charge in [0.15, 0.2) is 0 Å². The second-order valence-corrected chi connectivity index (χ2v) is 9.45. The summed E-state index contributed by atoms with van der Waals surface area (Å²) in [5, 5.41) is 2.73. The van der Waals surface area contributed by atoms with Gasteiger partial charge in [-0.2, -0.15) is 0 Å². The third-order valence-electron chi connectivity index (χ3n) is 3.63. The van der Waals surface area contributed by atoms with Crippen molar-refractivity contribution in [2.24, 2.45) is 0 Å². The topological polar surface area (TPSA) is 88.4 Å². The van der Waals surface area contributed by atoms with Crippen molar-refractivity contribution >= 4 is 49.3 Å². The summed E-state index contributed by atoms with van der Waals surface area (Å²) in [4.78, 5) is 13.2. The van der Waals surface area contributed by atoms with Gasteiger partial charge in [-0.05, 0) is 54.6 Å². The Morgan fingerprint density at radius 3 is 2.57 bits per heavy atom. The van der Waals surface area contributed by atoms with Gasteiger partial charge in [0.05, 0.1) is 23.5 Å². The molecule has 0 saturated carbocycles. The Hall–Kier alpha value is -2.07. The molecule has 146 valence electrons. The lowest BCUT2D eigenvalue weighted by molar-refractivity contribution is -0.113. The number of carbonyl (C=O) groups excluding carboxylic acids is 1. The van der Waals surface area contributed by atoms with E-state index in [1.165, 1.54) is 30.2 Å². The van der Waals surface area contributed by atoms with Crippen molar-refractivity contribution in [3.05, 3.63) is 77.2 Å². The highest BCUT2D eigenvalue weighted by Crippen LogP contribution is 2.21. The first kappa shape index (κ1) is 20.7. The molecule has 0 saturated heterocycles. The zero-order valence-corrected chi connectivity index (χ0v) is 17.8. The molecule has 0 aliphatic heterocycles. The summed E-state index contributed by atoms with van der Waals surface area (Å²) in [6, 6.07) is 17.1. The highest BCUT2D eigenvalue weighted by atomic mass is 79.9. The third kappa shape index (κ3) is 5.96. The van der Waals surface area contributed by atoms with Gasteiger partial charge in [0, 0.05) is 15.1 Å². The highest BCUT2D eigenvalue weighted by Gasteiger charge is 2.15. The summed E-state index contributed by atoms with van der Waals surface area (Å²) >= 11 is 4.77. The van der Waals surface area contributed by atoms with E-state index in [-0.39, 0.29) is 23.1 Å². The van der Waals surface area contributed by atoms with Crippen LogP contribution in [0, 0.1) is 0 Å². The number of amides is 1. The van der Waals surface area contributed by atoms with Crippen molar-refractivity contribution in [2.45, 2.75) is 16.3 Å². The lowest BCUT2D eigenvalue weighted by atomic mass is 10.3. The van der Waals surface area contributed by atoms with Crippen molar-refractivity contribution in [3.63, 3.8) is 0 Å². The molecule has 0 radical (unpaired) electrons. The fourth-order valence-electron chi connectivity index (χ4n) is 2.28. The lowest BCUT2D eigenvalue weighted by Gasteiger charge is -2.09. The van der Waals surface area contributed by atoms with E-state index in [0.717, 1.165) is 9.37 Å². The van der Waals surface area contributed by atoms with E-state index in [1.54, 1.807) is 24.3 Å². The molecule has 1 amide bonds. The van der Waals surface area contributed by atoms with E-state index in [1.807, 2.05) is 24.3 Å². The zero-order chi connectivity index (χ0) is 20.0. The van der Waals surface area contributed by atoms with Crippen molar-refractivity contribution in [1.29, 1.82) is 0 Å². The molecular formula is C19H17BrN2O4S2. The van der Waals surface area contributed by atoms with Crippen LogP contribution in [-0.2, 0) is 21.4 Å². The monoisotopic (exact) mass is 480 g/mol. The van der Waals surface area contributed by atoms with Crippen molar-refractivity contribution in [1.82, 2.24) is 4.72 Å². The molecule has 1 heterocycles. The number of hydrogen-bond acceptors (Lipinski definition) is 5. The number of hydrogen-bond donors (Lipinski definition) is 2. The number of benzene rings is 2. The van der Waals surface area contributed by atoms with E-state index in [0.29, 0.717) is 11.4 Å². The Morgan fingerprint density at radius 1 is 1.07 bits per heavy atom. The number of rotatable bonds is 8. The van der Waals surface area contributed by atoms with Gasteiger partial charge in [-0.3, -0.25) is 4.79 Å². The summed E-state index contributed by atoms with van der Waals surface area (Å²) in [5.74, 6) is 0.513. The van der Waals surface area contributed by atoms with Crippen LogP contribution in [0.15, 0.2) is 85.6 Å². The fraction of sp³-hybridized carbons (Fsp3) is 0.105. The number of carbonyl (C=O) groups is 1. The van der Waals surface area contributed by atoms with Gasteiger partial charge in [-0.1, -0.05) is 22.0 Å². The molecule has 0 bridgehead atoms. The molecule has 0 aliphatic rings. The fourth-order valence-corrected chi connectivity index (χ4v) is 4.28. The predicted molar refractivity (Wildman–Crippen MR) is 113 cm³/mol. The van der Waals surface area contributed by atoms with Gasteiger partial charge in [0.2, 0.25) is 15.9 Å². The smallest absolute Gasteiger partial charge is 0.241 e. The van der Waals surface area contributed by atoms with Crippen molar-refractivity contribution < 1.29 is 17.6 Å². The quantitative estimate of drug-likeness (QED) is 0.470. The molecule has 3 aromatic rings. The van der Waals surface area contributed by atoms with Crippen LogP contribution in [0.2, 0.25) is 0 Å². The maximum Gasteiger partial charge on any atom is 0.241 e. The van der Waals surface area contributed by atoms with Gasteiger partial charge >= 0.3 is 0 Å². The third-order valence-corrected chi connectivity index (χ3v) is 6.57. The number of furan rings is 1. The molecule has 28 heavy (non-hydrogen) atoms. The Morgan fingerprint density at radius 2 is 1.86 bits per heavy atom. The van der Waals surface area contributed by atoms with Crippen molar-refractivity contribution in [3.8, 4) is 0 Å². The molecule has 9 heteroatoms. The molecule has 2 aromatic carbocycles. The van der Waals surface area contributed by atoms with Gasteiger partial charge < -0.3 is 9.73 Å². The molecule has 6 nitrogen and oxygen atoms in total. The van der Waals surface area contributed by atoms with Crippen LogP contribution < -0.4 is 10.0 Å². The van der Waals surface area contributed by atoms with Crippen molar-refractivity contribution in [2.75, 3.05) is 11.1 Å². The lowest BCUT2D eigenvalue weighted by Crippen LogP contribution is -2.23. The minimum absolute atomic E-state index is 0.0513. The minimum atomic E-state index is -3.72. The average Bonchev–Trinajstić information content (AvgIpc) is 3.20. The first-order chi connectivity index (χ1) is 13.4. The maximum atomic E-state index is 12.4. The van der Waals surface area contributed by atoms with Crippen LogP contribution in [0.3, 0.4) is 0 Å². The van der Waals surface area contributed by atoms with E-state index in [2.05, 4.69) is 26.0 Å². The normalized spacial score (nSPS) is 11.3. The molecular weight excluding hydrogens is 464 g/mol. The molecule has 2 N–H and O–H groups in total. The minimum Gasteiger partial charge on any atom is -0.468 e. The zero-order valence-electron chi connectivity index (χ0n) is 14.6. The molecule has 1 aromatic heterocycles. The van der Waals surface area contributed by atoms with Crippen LogP contribution in [0.4, 0.5) is 5.69 Å². The SMILES string of the molecule is O=C(CSc1ccc(Br)cc1)Nc1cccc(S(=O)(=O)NCc2ccco2)c1. The predicted octanol–water partition coefficient (Wildman–Crippen LogP) is 4.25. The number of halogens is 1.